The molecule has 33 heavy (non-hydrogen) atoms. The van der Waals surface area contributed by atoms with Gasteiger partial charge < -0.3 is 15.0 Å². The second kappa shape index (κ2) is 10.2. The molecule has 0 saturated carbocycles. The number of aryl methyl sites for hydroxylation is 2. The number of aromatic nitrogens is 2. The Kier molecular flexibility index (Phi) is 7.28. The maximum atomic E-state index is 12.6. The third-order valence-electron chi connectivity index (χ3n) is 5.24. The number of nitrogens with zero attached hydrogens (tertiary/aromatic N) is 1. The van der Waals surface area contributed by atoms with Crippen LogP contribution in [0.15, 0.2) is 29.1 Å². The third kappa shape index (κ3) is 6.29. The lowest BCUT2D eigenvalue weighted by Gasteiger charge is -2.10. The van der Waals surface area contributed by atoms with E-state index in [9.17, 15) is 22.8 Å². The molecule has 1 aromatic carbocycles. The first-order valence-electron chi connectivity index (χ1n) is 10.5. The number of carbonyl (C=O) groups excluding carboxylic acids is 1. The smallest absolute Gasteiger partial charge is 0.406 e. The first kappa shape index (κ1) is 23.6. The fraction of sp³-hybridized carbons (Fsp3) is 0.409. The number of alkyl halides is 3. The highest BCUT2D eigenvalue weighted by Crippen LogP contribution is 2.33. The number of nitrogens with one attached hydrogen (secondary N) is 2. The first-order valence-corrected chi connectivity index (χ1v) is 12.5. The highest BCUT2D eigenvalue weighted by Gasteiger charge is 2.30. The van der Waals surface area contributed by atoms with Crippen LogP contribution in [0.4, 0.5) is 13.2 Å². The van der Waals surface area contributed by atoms with Gasteiger partial charge in [-0.25, -0.2) is 4.98 Å². The monoisotopic (exact) mass is 497 g/mol. The maximum absolute atomic E-state index is 12.6. The summed E-state index contributed by atoms with van der Waals surface area (Å²) in [6.07, 6.45) is -0.0522. The van der Waals surface area contributed by atoms with Crippen molar-refractivity contribution in [3.63, 3.8) is 0 Å². The third-order valence-corrected chi connectivity index (χ3v) is 7.37. The van der Waals surface area contributed by atoms with E-state index in [0.717, 1.165) is 47.0 Å². The molecule has 11 heteroatoms. The van der Waals surface area contributed by atoms with Gasteiger partial charge in [-0.15, -0.1) is 36.3 Å². The molecule has 2 aromatic heterocycles. The summed E-state index contributed by atoms with van der Waals surface area (Å²) in [6.45, 7) is 0.362. The van der Waals surface area contributed by atoms with Crippen molar-refractivity contribution >= 4 is 39.2 Å². The van der Waals surface area contributed by atoms with Crippen LogP contribution in [0.3, 0.4) is 0 Å². The number of halogens is 3. The zero-order valence-corrected chi connectivity index (χ0v) is 19.2. The Morgan fingerprint density at radius 1 is 1.21 bits per heavy atom. The molecule has 0 fully saturated rings. The van der Waals surface area contributed by atoms with Crippen molar-refractivity contribution < 1.29 is 22.7 Å². The van der Waals surface area contributed by atoms with Gasteiger partial charge in [-0.3, -0.25) is 9.59 Å². The number of hydrogen-bond donors (Lipinski definition) is 2. The lowest BCUT2D eigenvalue weighted by Crippen LogP contribution is -2.27. The number of thiophene rings is 1. The summed E-state index contributed by atoms with van der Waals surface area (Å²) in [5, 5.41) is 3.50. The Bertz CT molecular complexity index is 1190. The van der Waals surface area contributed by atoms with Gasteiger partial charge in [0.25, 0.3) is 5.56 Å². The van der Waals surface area contributed by atoms with Crippen LogP contribution in [0.1, 0.15) is 34.7 Å². The minimum atomic E-state index is -4.72. The number of ether oxygens (including phenoxy) is 1. The van der Waals surface area contributed by atoms with Crippen LogP contribution in [-0.4, -0.2) is 34.5 Å². The van der Waals surface area contributed by atoms with Gasteiger partial charge in [-0.1, -0.05) is 12.1 Å². The lowest BCUT2D eigenvalue weighted by atomic mass is 9.97. The van der Waals surface area contributed by atoms with Gasteiger partial charge in [0.15, 0.2) is 0 Å². The molecule has 4 rings (SSSR count). The Labute approximate surface area is 195 Å². The lowest BCUT2D eigenvalue weighted by molar-refractivity contribution is -0.274. The molecule has 0 atom stereocenters. The zero-order valence-electron chi connectivity index (χ0n) is 17.6. The summed E-state index contributed by atoms with van der Waals surface area (Å²) in [4.78, 5) is 34.1. The van der Waals surface area contributed by atoms with Crippen LogP contribution in [0.2, 0.25) is 0 Å². The van der Waals surface area contributed by atoms with Crippen molar-refractivity contribution in [1.29, 1.82) is 0 Å². The molecular weight excluding hydrogens is 475 g/mol. The summed E-state index contributed by atoms with van der Waals surface area (Å²) < 4.78 is 40.4. The minimum Gasteiger partial charge on any atom is -0.406 e. The number of thioether (sulfide) groups is 1. The molecule has 2 N–H and O–H groups in total. The number of H-pyrrole nitrogens is 1. The van der Waals surface area contributed by atoms with Crippen molar-refractivity contribution in [3.8, 4) is 5.75 Å². The molecule has 2 heterocycles. The number of benzene rings is 1. The molecular formula is C22H22F3N3O3S2. The number of amides is 1. The van der Waals surface area contributed by atoms with E-state index in [1.54, 1.807) is 11.3 Å². The van der Waals surface area contributed by atoms with Gasteiger partial charge in [0, 0.05) is 11.4 Å². The molecule has 0 radical (unpaired) electrons. The molecule has 3 aromatic rings. The average Bonchev–Trinajstić information content (AvgIpc) is 3.13. The van der Waals surface area contributed by atoms with E-state index in [1.807, 2.05) is 0 Å². The summed E-state index contributed by atoms with van der Waals surface area (Å²) in [6, 6.07) is 5.55. The molecule has 0 spiro atoms. The zero-order chi connectivity index (χ0) is 23.4. The van der Waals surface area contributed by atoms with E-state index in [4.69, 9.17) is 0 Å². The van der Waals surface area contributed by atoms with E-state index >= 15 is 0 Å². The number of aromatic amines is 1. The topological polar surface area (TPSA) is 84.1 Å². The maximum Gasteiger partial charge on any atom is 0.573 e. The van der Waals surface area contributed by atoms with Gasteiger partial charge in [-0.2, -0.15) is 0 Å². The molecule has 0 saturated heterocycles. The largest absolute Gasteiger partial charge is 0.573 e. The Balaban J connectivity index is 1.22. The standard InChI is InChI=1S/C22H22F3N3O3S2/c23-22(24,25)31-14-7-5-13(6-8-14)9-10-26-18(29)12-32-11-17-27-20(30)19-15-3-1-2-4-16(15)33-21(19)28-17/h5-8H,1-4,9-12H2,(H,26,29)(H,27,28,30). The predicted octanol–water partition coefficient (Wildman–Crippen LogP) is 4.35. The fourth-order valence-corrected chi connectivity index (χ4v) is 5.77. The molecule has 1 amide bonds. The van der Waals surface area contributed by atoms with Crippen molar-refractivity contribution in [3.05, 3.63) is 56.4 Å². The predicted molar refractivity (Wildman–Crippen MR) is 123 cm³/mol. The average molecular weight is 498 g/mol. The summed E-state index contributed by atoms with van der Waals surface area (Å²) >= 11 is 2.95. The number of rotatable bonds is 8. The molecule has 0 unspecified atom stereocenters. The fourth-order valence-electron chi connectivity index (χ4n) is 3.77. The van der Waals surface area contributed by atoms with Crippen LogP contribution in [0.25, 0.3) is 10.2 Å². The second-order valence-corrected chi connectivity index (χ2v) is 9.76. The Morgan fingerprint density at radius 2 is 1.97 bits per heavy atom. The van der Waals surface area contributed by atoms with Crippen LogP contribution in [-0.2, 0) is 29.8 Å². The van der Waals surface area contributed by atoms with Crippen molar-refractivity contribution in [2.24, 2.45) is 0 Å². The molecule has 1 aliphatic carbocycles. The van der Waals surface area contributed by atoms with Crippen molar-refractivity contribution in [2.75, 3.05) is 12.3 Å². The number of fused-ring (bicyclic) bond motifs is 3. The SMILES string of the molecule is O=C(CSCc1nc2sc3c(c2c(=O)[nH]1)CCCC3)NCCc1ccc(OC(F)(F)F)cc1. The molecule has 0 aliphatic heterocycles. The number of carbonyl (C=O) groups is 1. The van der Waals surface area contributed by atoms with Gasteiger partial charge in [-0.05, 0) is 55.4 Å². The van der Waals surface area contributed by atoms with E-state index < -0.39 is 6.36 Å². The summed E-state index contributed by atoms with van der Waals surface area (Å²) in [5.41, 5.74) is 1.83. The van der Waals surface area contributed by atoms with Crippen molar-refractivity contribution in [2.45, 2.75) is 44.2 Å². The summed E-state index contributed by atoms with van der Waals surface area (Å²) in [5.74, 6) is 0.749. The molecule has 0 bridgehead atoms. The molecule has 1 aliphatic rings. The van der Waals surface area contributed by atoms with Gasteiger partial charge in [0.2, 0.25) is 5.91 Å². The van der Waals surface area contributed by atoms with E-state index in [1.165, 1.54) is 40.9 Å². The quantitative estimate of drug-likeness (QED) is 0.483. The number of hydrogen-bond acceptors (Lipinski definition) is 6. The van der Waals surface area contributed by atoms with Crippen LogP contribution in [0, 0.1) is 0 Å². The van der Waals surface area contributed by atoms with E-state index in [2.05, 4.69) is 20.0 Å². The second-order valence-electron chi connectivity index (χ2n) is 7.69. The van der Waals surface area contributed by atoms with E-state index in [-0.39, 0.29) is 23.0 Å². The van der Waals surface area contributed by atoms with Gasteiger partial charge in [0.1, 0.15) is 16.4 Å². The summed E-state index contributed by atoms with van der Waals surface area (Å²) in [7, 11) is 0. The van der Waals surface area contributed by atoms with Crippen LogP contribution < -0.4 is 15.6 Å². The van der Waals surface area contributed by atoms with Crippen LogP contribution >= 0.6 is 23.1 Å². The van der Waals surface area contributed by atoms with Crippen LogP contribution in [0.5, 0.6) is 5.75 Å². The molecule has 6 nitrogen and oxygen atoms in total. The van der Waals surface area contributed by atoms with Crippen molar-refractivity contribution in [1.82, 2.24) is 15.3 Å². The minimum absolute atomic E-state index is 0.105. The Hall–Kier alpha value is -2.53. The first-order chi connectivity index (χ1) is 15.8. The van der Waals surface area contributed by atoms with Gasteiger partial charge in [0.05, 0.1) is 16.9 Å². The highest BCUT2D eigenvalue weighted by molar-refractivity contribution is 7.99. The highest BCUT2D eigenvalue weighted by atomic mass is 32.2. The molecule has 176 valence electrons. The normalized spacial score (nSPS) is 13.7. The Morgan fingerprint density at radius 3 is 2.73 bits per heavy atom. The van der Waals surface area contributed by atoms with Gasteiger partial charge >= 0.3 is 6.36 Å². The van der Waals surface area contributed by atoms with E-state index in [0.29, 0.717) is 24.5 Å².